The normalized spacial score (nSPS) is 12.6. The van der Waals surface area contributed by atoms with Crippen LogP contribution in [0.3, 0.4) is 0 Å². The zero-order valence-electron chi connectivity index (χ0n) is 16.3. The number of fused-ring (bicyclic) bond motifs is 1. The number of furan rings is 1. The molecule has 0 radical (unpaired) electrons. The summed E-state index contributed by atoms with van der Waals surface area (Å²) in [6.45, 7) is 7.76. The summed E-state index contributed by atoms with van der Waals surface area (Å²) in [5, 5.41) is 17.0. The monoisotopic (exact) mass is 384 g/mol. The van der Waals surface area contributed by atoms with Gasteiger partial charge in [-0.25, -0.2) is 14.5 Å². The van der Waals surface area contributed by atoms with Crippen molar-refractivity contribution in [3.8, 4) is 11.5 Å². The number of aliphatic carboxylic acids is 1. The molecule has 0 bridgehead atoms. The standard InChI is InChI=1S/C20H24N4O4/c1-11(2)8-16(20(26)27)23-19(25)13-9-15(17-6-5-7-28-17)22-18-14(13)10-21-24(18)12(3)4/h5-7,9-12,16H,8H2,1-4H3,(H,23,25)(H,26,27)/t16-/m0/s1. The topological polar surface area (TPSA) is 110 Å². The number of carbonyl (C=O) groups is 2. The molecule has 1 amide bonds. The lowest BCUT2D eigenvalue weighted by Crippen LogP contribution is -2.41. The van der Waals surface area contributed by atoms with Crippen LogP contribution in [0.5, 0.6) is 0 Å². The second kappa shape index (κ2) is 7.84. The Morgan fingerprint density at radius 3 is 2.61 bits per heavy atom. The molecule has 148 valence electrons. The first-order chi connectivity index (χ1) is 13.3. The predicted octanol–water partition coefficient (Wildman–Crippen LogP) is 3.50. The van der Waals surface area contributed by atoms with E-state index in [0.29, 0.717) is 34.5 Å². The van der Waals surface area contributed by atoms with E-state index >= 15 is 0 Å². The van der Waals surface area contributed by atoms with E-state index < -0.39 is 17.9 Å². The van der Waals surface area contributed by atoms with Gasteiger partial charge in [0.05, 0.1) is 23.4 Å². The third-order valence-corrected chi connectivity index (χ3v) is 4.38. The van der Waals surface area contributed by atoms with Crippen molar-refractivity contribution in [1.29, 1.82) is 0 Å². The van der Waals surface area contributed by atoms with Gasteiger partial charge in [-0.3, -0.25) is 4.79 Å². The van der Waals surface area contributed by atoms with E-state index in [1.165, 1.54) is 6.26 Å². The van der Waals surface area contributed by atoms with Crippen molar-refractivity contribution in [2.45, 2.75) is 46.2 Å². The summed E-state index contributed by atoms with van der Waals surface area (Å²) < 4.78 is 7.16. The smallest absolute Gasteiger partial charge is 0.326 e. The number of carbonyl (C=O) groups excluding carboxylic acids is 1. The van der Waals surface area contributed by atoms with E-state index in [1.807, 2.05) is 27.7 Å². The molecule has 3 aromatic heterocycles. The Labute approximate surface area is 162 Å². The molecule has 0 fully saturated rings. The molecular weight excluding hydrogens is 360 g/mol. The molecule has 0 unspecified atom stereocenters. The SMILES string of the molecule is CC(C)C[C@H](NC(=O)c1cc(-c2ccco2)nc2c1cnn2C(C)C)C(=O)O. The van der Waals surface area contributed by atoms with Crippen LogP contribution in [0.2, 0.25) is 0 Å². The van der Waals surface area contributed by atoms with E-state index in [2.05, 4.69) is 15.4 Å². The molecule has 1 atom stereocenters. The first kappa shape index (κ1) is 19.6. The summed E-state index contributed by atoms with van der Waals surface area (Å²) in [5.74, 6) is -0.890. The molecule has 0 aliphatic rings. The fourth-order valence-corrected chi connectivity index (χ4v) is 3.06. The Balaban J connectivity index is 2.08. The molecule has 0 saturated carbocycles. The van der Waals surface area contributed by atoms with Crippen molar-refractivity contribution in [2.75, 3.05) is 0 Å². The summed E-state index contributed by atoms with van der Waals surface area (Å²) in [6, 6.07) is 4.18. The Morgan fingerprint density at radius 1 is 1.29 bits per heavy atom. The van der Waals surface area contributed by atoms with Crippen molar-refractivity contribution in [3.05, 3.63) is 36.2 Å². The van der Waals surface area contributed by atoms with Crippen LogP contribution in [0, 0.1) is 5.92 Å². The van der Waals surface area contributed by atoms with Crippen LogP contribution in [0.4, 0.5) is 0 Å². The summed E-state index contributed by atoms with van der Waals surface area (Å²) in [7, 11) is 0. The molecule has 8 heteroatoms. The van der Waals surface area contributed by atoms with Crippen molar-refractivity contribution in [1.82, 2.24) is 20.1 Å². The van der Waals surface area contributed by atoms with E-state index in [1.54, 1.807) is 29.1 Å². The number of rotatable bonds is 7. The van der Waals surface area contributed by atoms with Crippen molar-refractivity contribution in [3.63, 3.8) is 0 Å². The molecule has 3 aromatic rings. The van der Waals surface area contributed by atoms with Crippen LogP contribution >= 0.6 is 0 Å². The Morgan fingerprint density at radius 2 is 2.04 bits per heavy atom. The van der Waals surface area contributed by atoms with Crippen molar-refractivity contribution >= 4 is 22.9 Å². The van der Waals surface area contributed by atoms with E-state index in [4.69, 9.17) is 4.42 Å². The second-order valence-corrected chi connectivity index (χ2v) is 7.45. The zero-order valence-corrected chi connectivity index (χ0v) is 16.3. The predicted molar refractivity (Wildman–Crippen MR) is 104 cm³/mol. The molecule has 2 N–H and O–H groups in total. The third-order valence-electron chi connectivity index (χ3n) is 4.38. The average molecular weight is 384 g/mol. The summed E-state index contributed by atoms with van der Waals surface area (Å²) in [5.41, 5.74) is 1.35. The minimum absolute atomic E-state index is 0.0421. The summed E-state index contributed by atoms with van der Waals surface area (Å²) in [4.78, 5) is 29.2. The van der Waals surface area contributed by atoms with Crippen LogP contribution in [0.15, 0.2) is 35.1 Å². The quantitative estimate of drug-likeness (QED) is 0.645. The van der Waals surface area contributed by atoms with E-state index in [0.717, 1.165) is 0 Å². The summed E-state index contributed by atoms with van der Waals surface area (Å²) >= 11 is 0. The van der Waals surface area contributed by atoms with Gasteiger partial charge in [0, 0.05) is 6.04 Å². The number of hydrogen-bond acceptors (Lipinski definition) is 5. The fraction of sp³-hybridized carbons (Fsp3) is 0.400. The molecule has 0 aliphatic heterocycles. The van der Waals surface area contributed by atoms with Crippen LogP contribution in [-0.4, -0.2) is 37.8 Å². The number of pyridine rings is 1. The van der Waals surface area contributed by atoms with Gasteiger partial charge in [-0.2, -0.15) is 5.10 Å². The second-order valence-electron chi connectivity index (χ2n) is 7.45. The van der Waals surface area contributed by atoms with E-state index in [-0.39, 0.29) is 12.0 Å². The first-order valence-corrected chi connectivity index (χ1v) is 9.23. The lowest BCUT2D eigenvalue weighted by molar-refractivity contribution is -0.139. The third kappa shape index (κ3) is 3.90. The molecular formula is C20H24N4O4. The average Bonchev–Trinajstić information content (AvgIpc) is 3.29. The Hall–Kier alpha value is -3.16. The van der Waals surface area contributed by atoms with Crippen molar-refractivity contribution in [2.24, 2.45) is 5.92 Å². The van der Waals surface area contributed by atoms with Crippen LogP contribution in [-0.2, 0) is 4.79 Å². The highest BCUT2D eigenvalue weighted by Gasteiger charge is 2.25. The Bertz CT molecular complexity index is 989. The molecule has 0 aromatic carbocycles. The number of nitrogens with zero attached hydrogens (tertiary/aromatic N) is 3. The van der Waals surface area contributed by atoms with Gasteiger partial charge in [-0.05, 0) is 44.4 Å². The lowest BCUT2D eigenvalue weighted by Gasteiger charge is -2.17. The number of nitrogens with one attached hydrogen (secondary N) is 1. The van der Waals surface area contributed by atoms with Gasteiger partial charge >= 0.3 is 5.97 Å². The lowest BCUT2D eigenvalue weighted by atomic mass is 10.0. The highest BCUT2D eigenvalue weighted by molar-refractivity contribution is 6.07. The maximum Gasteiger partial charge on any atom is 0.326 e. The minimum Gasteiger partial charge on any atom is -0.480 e. The van der Waals surface area contributed by atoms with Gasteiger partial charge < -0.3 is 14.8 Å². The highest BCUT2D eigenvalue weighted by Crippen LogP contribution is 2.26. The number of hydrogen-bond donors (Lipinski definition) is 2. The van der Waals surface area contributed by atoms with Gasteiger partial charge in [0.15, 0.2) is 11.4 Å². The molecule has 3 heterocycles. The van der Waals surface area contributed by atoms with Gasteiger partial charge in [0.1, 0.15) is 11.7 Å². The fourth-order valence-electron chi connectivity index (χ4n) is 3.06. The number of carboxylic acids is 1. The van der Waals surface area contributed by atoms with Gasteiger partial charge in [0.25, 0.3) is 5.91 Å². The Kier molecular flexibility index (Phi) is 5.48. The first-order valence-electron chi connectivity index (χ1n) is 9.23. The number of carboxylic acid groups (broad SMARTS) is 1. The molecule has 3 rings (SSSR count). The molecule has 0 spiro atoms. The molecule has 28 heavy (non-hydrogen) atoms. The molecule has 8 nitrogen and oxygen atoms in total. The zero-order chi connectivity index (χ0) is 20.4. The largest absolute Gasteiger partial charge is 0.480 e. The maximum absolute atomic E-state index is 13.0. The maximum atomic E-state index is 13.0. The van der Waals surface area contributed by atoms with Gasteiger partial charge in [-0.1, -0.05) is 13.8 Å². The molecule has 0 saturated heterocycles. The minimum atomic E-state index is -1.06. The number of amides is 1. The van der Waals surface area contributed by atoms with Crippen LogP contribution in [0.1, 0.15) is 50.5 Å². The highest BCUT2D eigenvalue weighted by atomic mass is 16.4. The van der Waals surface area contributed by atoms with E-state index in [9.17, 15) is 14.7 Å². The summed E-state index contributed by atoms with van der Waals surface area (Å²) in [6.07, 6.45) is 3.46. The van der Waals surface area contributed by atoms with Gasteiger partial charge in [-0.15, -0.1) is 0 Å². The van der Waals surface area contributed by atoms with Gasteiger partial charge in [0.2, 0.25) is 0 Å². The van der Waals surface area contributed by atoms with Crippen molar-refractivity contribution < 1.29 is 19.1 Å². The number of aromatic nitrogens is 3. The van der Waals surface area contributed by atoms with Crippen LogP contribution < -0.4 is 5.32 Å². The van der Waals surface area contributed by atoms with Crippen LogP contribution in [0.25, 0.3) is 22.5 Å². The molecule has 0 aliphatic carbocycles.